The van der Waals surface area contributed by atoms with Gasteiger partial charge in [0.25, 0.3) is 5.91 Å². The van der Waals surface area contributed by atoms with Gasteiger partial charge in [0.15, 0.2) is 6.10 Å². The van der Waals surface area contributed by atoms with Crippen molar-refractivity contribution in [2.45, 2.75) is 45.1 Å². The minimum Gasteiger partial charge on any atom is -0.435 e. The summed E-state index contributed by atoms with van der Waals surface area (Å²) in [6.45, 7) is 2.62. The Balaban J connectivity index is 3.89. The van der Waals surface area contributed by atoms with Crippen LogP contribution in [-0.2, 0) is 9.53 Å². The number of hydrogen-bond donors (Lipinski definition) is 2. The molecular weight excluding hydrogens is 222 g/mol. The molecule has 0 bridgehead atoms. The molecule has 96 valence electrons. The van der Waals surface area contributed by atoms with Crippen molar-refractivity contribution in [3.05, 3.63) is 0 Å². The number of rotatable bonds is 8. The first kappa shape index (κ1) is 15.2. The van der Waals surface area contributed by atoms with Crippen LogP contribution in [0.1, 0.15) is 39.0 Å². The lowest BCUT2D eigenvalue weighted by atomic mass is 10.2. The number of unbranched alkanes of at least 4 members (excludes halogenated alkanes) is 3. The molecular formula is C11H19N3O3. The fourth-order valence-corrected chi connectivity index (χ4v) is 1.29. The highest BCUT2D eigenvalue weighted by atomic mass is 16.6. The SMILES string of the molecule is CCCCCCNC(=O)C(CC#N)OC(N)=O. The molecule has 0 aromatic carbocycles. The highest BCUT2D eigenvalue weighted by Gasteiger charge is 2.20. The van der Waals surface area contributed by atoms with Gasteiger partial charge in [-0.15, -0.1) is 0 Å². The van der Waals surface area contributed by atoms with Crippen LogP contribution in [0.2, 0.25) is 0 Å². The Labute approximate surface area is 101 Å². The van der Waals surface area contributed by atoms with Crippen LogP contribution in [0.25, 0.3) is 0 Å². The molecule has 6 nitrogen and oxygen atoms in total. The van der Waals surface area contributed by atoms with E-state index < -0.39 is 18.1 Å². The van der Waals surface area contributed by atoms with Crippen LogP contribution in [0.4, 0.5) is 4.79 Å². The maximum atomic E-state index is 11.5. The van der Waals surface area contributed by atoms with E-state index in [1.165, 1.54) is 0 Å². The highest BCUT2D eigenvalue weighted by molar-refractivity contribution is 5.83. The number of carbonyl (C=O) groups excluding carboxylic acids is 2. The summed E-state index contributed by atoms with van der Waals surface area (Å²) in [4.78, 5) is 22.0. The van der Waals surface area contributed by atoms with Gasteiger partial charge in [-0.3, -0.25) is 4.79 Å². The number of nitrogens with zero attached hydrogens (tertiary/aromatic N) is 1. The van der Waals surface area contributed by atoms with Gasteiger partial charge in [0.1, 0.15) is 0 Å². The number of nitriles is 1. The Kier molecular flexibility index (Phi) is 8.47. The number of ether oxygens (including phenoxy) is 1. The van der Waals surface area contributed by atoms with Gasteiger partial charge in [0.05, 0.1) is 12.5 Å². The average Bonchev–Trinajstić information content (AvgIpc) is 2.27. The second-order valence-electron chi connectivity index (χ2n) is 3.64. The molecule has 6 heteroatoms. The Morgan fingerprint density at radius 2 is 2.12 bits per heavy atom. The zero-order valence-corrected chi connectivity index (χ0v) is 10.1. The predicted molar refractivity (Wildman–Crippen MR) is 61.8 cm³/mol. The molecule has 0 rings (SSSR count). The number of hydrogen-bond acceptors (Lipinski definition) is 4. The lowest BCUT2D eigenvalue weighted by Crippen LogP contribution is -2.39. The monoisotopic (exact) mass is 241 g/mol. The first-order valence-corrected chi connectivity index (χ1v) is 5.72. The average molecular weight is 241 g/mol. The standard InChI is InChI=1S/C11H19N3O3/c1-2-3-4-5-8-14-10(15)9(6-7-12)17-11(13)16/h9H,2-6,8H2,1H3,(H2,13,16)(H,14,15). The quantitative estimate of drug-likeness (QED) is 0.620. The Morgan fingerprint density at radius 1 is 1.41 bits per heavy atom. The van der Waals surface area contributed by atoms with E-state index in [4.69, 9.17) is 11.0 Å². The molecule has 0 fully saturated rings. The third kappa shape index (κ3) is 8.08. The normalized spacial score (nSPS) is 11.3. The molecule has 0 aliphatic carbocycles. The molecule has 0 aromatic heterocycles. The summed E-state index contributed by atoms with van der Waals surface area (Å²) in [6.07, 6.45) is 1.80. The smallest absolute Gasteiger partial charge is 0.405 e. The van der Waals surface area contributed by atoms with E-state index in [1.54, 1.807) is 6.07 Å². The minimum absolute atomic E-state index is 0.191. The van der Waals surface area contributed by atoms with Crippen molar-refractivity contribution in [3.8, 4) is 6.07 Å². The van der Waals surface area contributed by atoms with Gasteiger partial charge in [0.2, 0.25) is 0 Å². The van der Waals surface area contributed by atoms with E-state index in [9.17, 15) is 9.59 Å². The van der Waals surface area contributed by atoms with E-state index in [-0.39, 0.29) is 6.42 Å². The molecule has 2 amide bonds. The van der Waals surface area contributed by atoms with Gasteiger partial charge in [-0.1, -0.05) is 26.2 Å². The molecule has 0 spiro atoms. The largest absolute Gasteiger partial charge is 0.435 e. The lowest BCUT2D eigenvalue weighted by molar-refractivity contribution is -0.129. The minimum atomic E-state index is -1.11. The van der Waals surface area contributed by atoms with Crippen molar-refractivity contribution < 1.29 is 14.3 Å². The zero-order chi connectivity index (χ0) is 13.1. The van der Waals surface area contributed by atoms with E-state index in [0.717, 1.165) is 25.7 Å². The number of nitrogens with one attached hydrogen (secondary N) is 1. The maximum absolute atomic E-state index is 11.5. The van der Waals surface area contributed by atoms with Crippen LogP contribution >= 0.6 is 0 Å². The van der Waals surface area contributed by atoms with Crippen molar-refractivity contribution in [2.24, 2.45) is 5.73 Å². The third-order valence-corrected chi connectivity index (χ3v) is 2.16. The highest BCUT2D eigenvalue weighted by Crippen LogP contribution is 2.00. The summed E-state index contributed by atoms with van der Waals surface area (Å²) in [6, 6.07) is 1.77. The molecule has 0 saturated heterocycles. The van der Waals surface area contributed by atoms with E-state index >= 15 is 0 Å². The molecule has 1 unspecified atom stereocenters. The third-order valence-electron chi connectivity index (χ3n) is 2.16. The van der Waals surface area contributed by atoms with Crippen LogP contribution in [0, 0.1) is 11.3 Å². The van der Waals surface area contributed by atoms with Gasteiger partial charge >= 0.3 is 6.09 Å². The molecule has 17 heavy (non-hydrogen) atoms. The summed E-state index contributed by atoms with van der Waals surface area (Å²) < 4.78 is 4.54. The first-order valence-electron chi connectivity index (χ1n) is 5.72. The number of carbonyl (C=O) groups is 2. The van der Waals surface area contributed by atoms with Crippen LogP contribution in [0.5, 0.6) is 0 Å². The van der Waals surface area contributed by atoms with Crippen LogP contribution < -0.4 is 11.1 Å². The van der Waals surface area contributed by atoms with E-state index in [2.05, 4.69) is 17.0 Å². The van der Waals surface area contributed by atoms with Crippen LogP contribution in [0.3, 0.4) is 0 Å². The Hall–Kier alpha value is -1.77. The van der Waals surface area contributed by atoms with Gasteiger partial charge < -0.3 is 15.8 Å². The molecule has 0 saturated carbocycles. The topological polar surface area (TPSA) is 105 Å². The molecule has 0 aliphatic rings. The van der Waals surface area contributed by atoms with Crippen molar-refractivity contribution in [1.29, 1.82) is 5.26 Å². The summed E-state index contributed by atoms with van der Waals surface area (Å²) in [7, 11) is 0. The molecule has 3 N–H and O–H groups in total. The fourth-order valence-electron chi connectivity index (χ4n) is 1.29. The maximum Gasteiger partial charge on any atom is 0.405 e. The Bertz CT molecular complexity index is 286. The molecule has 0 heterocycles. The molecule has 0 aromatic rings. The number of nitrogens with two attached hydrogens (primary N) is 1. The summed E-state index contributed by atoms with van der Waals surface area (Å²) in [5.41, 5.74) is 4.81. The zero-order valence-electron chi connectivity index (χ0n) is 10.1. The van der Waals surface area contributed by atoms with E-state index in [0.29, 0.717) is 6.54 Å². The summed E-state index contributed by atoms with van der Waals surface area (Å²) >= 11 is 0. The van der Waals surface area contributed by atoms with Gasteiger partial charge in [0, 0.05) is 6.54 Å². The van der Waals surface area contributed by atoms with Gasteiger partial charge in [-0.25, -0.2) is 4.79 Å². The first-order chi connectivity index (χ1) is 8.11. The van der Waals surface area contributed by atoms with Crippen molar-refractivity contribution in [2.75, 3.05) is 6.54 Å². The van der Waals surface area contributed by atoms with Crippen molar-refractivity contribution in [1.82, 2.24) is 5.32 Å². The number of amides is 2. The second-order valence-corrected chi connectivity index (χ2v) is 3.64. The van der Waals surface area contributed by atoms with Gasteiger partial charge in [-0.05, 0) is 6.42 Å². The van der Waals surface area contributed by atoms with E-state index in [1.807, 2.05) is 0 Å². The molecule has 1 atom stereocenters. The molecule has 0 aliphatic heterocycles. The summed E-state index contributed by atoms with van der Waals surface area (Å²) in [5.74, 6) is -0.471. The van der Waals surface area contributed by atoms with Crippen LogP contribution in [-0.4, -0.2) is 24.6 Å². The predicted octanol–water partition coefficient (Wildman–Crippen LogP) is 1.06. The Morgan fingerprint density at radius 3 is 2.65 bits per heavy atom. The number of primary amides is 1. The second kappa shape index (κ2) is 9.46. The lowest BCUT2D eigenvalue weighted by Gasteiger charge is -2.13. The summed E-state index contributed by atoms with van der Waals surface area (Å²) in [5, 5.41) is 11.1. The van der Waals surface area contributed by atoms with Crippen molar-refractivity contribution in [3.63, 3.8) is 0 Å². The van der Waals surface area contributed by atoms with Crippen molar-refractivity contribution >= 4 is 12.0 Å². The fraction of sp³-hybridized carbons (Fsp3) is 0.727. The van der Waals surface area contributed by atoms with Crippen LogP contribution in [0.15, 0.2) is 0 Å². The van der Waals surface area contributed by atoms with Gasteiger partial charge in [-0.2, -0.15) is 5.26 Å². The molecule has 0 radical (unpaired) electrons.